The Hall–Kier alpha value is -0.620. The number of nitrogens with one attached hydrogen (secondary N) is 1. The van der Waals surface area contributed by atoms with Gasteiger partial charge in [-0.2, -0.15) is 5.10 Å². The van der Waals surface area contributed by atoms with Crippen molar-refractivity contribution in [2.75, 3.05) is 20.3 Å². The van der Waals surface area contributed by atoms with Crippen LogP contribution in [-0.2, 0) is 24.8 Å². The lowest BCUT2D eigenvalue weighted by Gasteiger charge is -2.10. The number of aromatic nitrogens is 2. The summed E-state index contributed by atoms with van der Waals surface area (Å²) in [6.07, 6.45) is 1.07. The highest BCUT2D eigenvalue weighted by molar-refractivity contribution is 6.31. The van der Waals surface area contributed by atoms with Gasteiger partial charge in [0.1, 0.15) is 0 Å². The largest absolute Gasteiger partial charge is 0.391 e. The lowest BCUT2D eigenvalue weighted by atomic mass is 10.2. The number of ether oxygens (including phenoxy) is 1. The predicted octanol–water partition coefficient (Wildman–Crippen LogP) is 1.12. The Balaban J connectivity index is 2.37. The minimum Gasteiger partial charge on any atom is -0.391 e. The van der Waals surface area contributed by atoms with E-state index in [1.54, 1.807) is 11.8 Å². The highest BCUT2D eigenvalue weighted by Crippen LogP contribution is 2.20. The van der Waals surface area contributed by atoms with Crippen molar-refractivity contribution in [2.45, 2.75) is 32.4 Å². The summed E-state index contributed by atoms with van der Waals surface area (Å²) in [5.74, 6) is 0. The van der Waals surface area contributed by atoms with E-state index in [1.807, 2.05) is 14.0 Å². The number of aliphatic hydroxyl groups is 1. The van der Waals surface area contributed by atoms with Crippen molar-refractivity contribution in [3.63, 3.8) is 0 Å². The van der Waals surface area contributed by atoms with Gasteiger partial charge in [0.15, 0.2) is 0 Å². The molecule has 0 saturated heterocycles. The Morgan fingerprint density at radius 1 is 1.56 bits per heavy atom. The van der Waals surface area contributed by atoms with E-state index >= 15 is 0 Å². The third-order valence-corrected chi connectivity index (χ3v) is 3.25. The van der Waals surface area contributed by atoms with E-state index in [2.05, 4.69) is 10.4 Å². The number of rotatable bonds is 8. The van der Waals surface area contributed by atoms with Crippen molar-refractivity contribution in [1.29, 1.82) is 0 Å². The Morgan fingerprint density at radius 2 is 2.28 bits per heavy atom. The van der Waals surface area contributed by atoms with Crippen LogP contribution in [0.4, 0.5) is 0 Å². The Bertz CT molecular complexity index is 368. The zero-order valence-corrected chi connectivity index (χ0v) is 12.0. The molecular weight excluding hydrogens is 254 g/mol. The van der Waals surface area contributed by atoms with Crippen LogP contribution in [0.25, 0.3) is 0 Å². The fourth-order valence-corrected chi connectivity index (χ4v) is 2.12. The summed E-state index contributed by atoms with van der Waals surface area (Å²) in [6.45, 7) is 3.77. The molecule has 0 amide bonds. The van der Waals surface area contributed by atoms with Gasteiger partial charge in [-0.05, 0) is 19.4 Å². The monoisotopic (exact) mass is 275 g/mol. The molecule has 2 N–H and O–H groups in total. The van der Waals surface area contributed by atoms with Crippen LogP contribution in [0.5, 0.6) is 0 Å². The quantitative estimate of drug-likeness (QED) is 0.698. The summed E-state index contributed by atoms with van der Waals surface area (Å²) >= 11 is 6.23. The molecule has 1 aromatic heterocycles. The van der Waals surface area contributed by atoms with Crippen molar-refractivity contribution in [1.82, 2.24) is 15.1 Å². The number of hydrogen-bond acceptors (Lipinski definition) is 4. The number of halogens is 1. The molecule has 0 fully saturated rings. The number of nitrogens with zero attached hydrogens (tertiary/aromatic N) is 2. The number of aryl methyl sites for hydroxylation is 2. The molecule has 5 nitrogen and oxygen atoms in total. The third kappa shape index (κ3) is 4.24. The number of hydrogen-bond donors (Lipinski definition) is 2. The van der Waals surface area contributed by atoms with E-state index in [0.29, 0.717) is 26.1 Å². The minimum atomic E-state index is -0.421. The van der Waals surface area contributed by atoms with Crippen molar-refractivity contribution in [2.24, 2.45) is 7.05 Å². The van der Waals surface area contributed by atoms with Crippen molar-refractivity contribution >= 4 is 11.6 Å². The Labute approximate surface area is 113 Å². The SMILES string of the molecule is CCc1nn(C)c(CNCCC(O)COC)c1Cl. The summed E-state index contributed by atoms with van der Waals surface area (Å²) in [5, 5.41) is 17.8. The summed E-state index contributed by atoms with van der Waals surface area (Å²) in [4.78, 5) is 0. The molecule has 0 spiro atoms. The van der Waals surface area contributed by atoms with Gasteiger partial charge in [-0.1, -0.05) is 18.5 Å². The summed E-state index contributed by atoms with van der Waals surface area (Å²) in [5.41, 5.74) is 1.91. The molecule has 1 heterocycles. The highest BCUT2D eigenvalue weighted by Gasteiger charge is 2.12. The standard InChI is InChI=1S/C12H22ClN3O2/c1-4-10-12(13)11(16(2)15-10)7-14-6-5-9(17)8-18-3/h9,14,17H,4-8H2,1-3H3. The van der Waals surface area contributed by atoms with Crippen molar-refractivity contribution < 1.29 is 9.84 Å². The molecule has 1 rings (SSSR count). The topological polar surface area (TPSA) is 59.3 Å². The molecular formula is C12H22ClN3O2. The summed E-state index contributed by atoms with van der Waals surface area (Å²) in [7, 11) is 3.47. The normalized spacial score (nSPS) is 12.9. The van der Waals surface area contributed by atoms with Crippen LogP contribution in [0, 0.1) is 0 Å². The van der Waals surface area contributed by atoms with Crippen LogP contribution in [0.15, 0.2) is 0 Å². The predicted molar refractivity (Wildman–Crippen MR) is 71.8 cm³/mol. The van der Waals surface area contributed by atoms with Gasteiger partial charge in [0.25, 0.3) is 0 Å². The van der Waals surface area contributed by atoms with Crippen LogP contribution in [-0.4, -0.2) is 41.3 Å². The lowest BCUT2D eigenvalue weighted by molar-refractivity contribution is 0.0594. The van der Waals surface area contributed by atoms with Gasteiger partial charge in [-0.15, -0.1) is 0 Å². The van der Waals surface area contributed by atoms with E-state index in [9.17, 15) is 5.11 Å². The maximum atomic E-state index is 9.49. The first kappa shape index (κ1) is 15.4. The van der Waals surface area contributed by atoms with Crippen LogP contribution < -0.4 is 5.32 Å². The molecule has 18 heavy (non-hydrogen) atoms. The van der Waals surface area contributed by atoms with Gasteiger partial charge in [-0.25, -0.2) is 0 Å². The zero-order valence-electron chi connectivity index (χ0n) is 11.2. The van der Waals surface area contributed by atoms with Crippen LogP contribution in [0.3, 0.4) is 0 Å². The molecule has 6 heteroatoms. The first-order valence-corrected chi connectivity index (χ1v) is 6.55. The number of methoxy groups -OCH3 is 1. The maximum absolute atomic E-state index is 9.49. The summed E-state index contributed by atoms with van der Waals surface area (Å²) in [6, 6.07) is 0. The minimum absolute atomic E-state index is 0.369. The second kappa shape index (κ2) is 7.74. The first-order valence-electron chi connectivity index (χ1n) is 6.18. The molecule has 1 unspecified atom stereocenters. The molecule has 1 aromatic rings. The average Bonchev–Trinajstić information content (AvgIpc) is 2.61. The van der Waals surface area contributed by atoms with Gasteiger partial charge in [-0.3, -0.25) is 4.68 Å². The smallest absolute Gasteiger partial charge is 0.0863 e. The molecule has 0 saturated carbocycles. The maximum Gasteiger partial charge on any atom is 0.0863 e. The van der Waals surface area contributed by atoms with Crippen molar-refractivity contribution in [3.05, 3.63) is 16.4 Å². The van der Waals surface area contributed by atoms with E-state index in [0.717, 1.165) is 22.8 Å². The van der Waals surface area contributed by atoms with Crippen molar-refractivity contribution in [3.8, 4) is 0 Å². The van der Waals surface area contributed by atoms with Crippen LogP contribution in [0.1, 0.15) is 24.7 Å². The number of aliphatic hydroxyl groups excluding tert-OH is 1. The second-order valence-electron chi connectivity index (χ2n) is 4.26. The fraction of sp³-hybridized carbons (Fsp3) is 0.750. The lowest BCUT2D eigenvalue weighted by Crippen LogP contribution is -2.23. The fourth-order valence-electron chi connectivity index (χ4n) is 1.76. The summed E-state index contributed by atoms with van der Waals surface area (Å²) < 4.78 is 6.67. The highest BCUT2D eigenvalue weighted by atomic mass is 35.5. The van der Waals surface area contributed by atoms with E-state index in [1.165, 1.54) is 0 Å². The van der Waals surface area contributed by atoms with Gasteiger partial charge < -0.3 is 15.2 Å². The molecule has 0 aliphatic heterocycles. The zero-order chi connectivity index (χ0) is 13.5. The molecule has 0 aromatic carbocycles. The molecule has 0 aliphatic rings. The van der Waals surface area contributed by atoms with Gasteiger partial charge >= 0.3 is 0 Å². The van der Waals surface area contributed by atoms with Gasteiger partial charge in [0, 0.05) is 20.7 Å². The van der Waals surface area contributed by atoms with E-state index in [4.69, 9.17) is 16.3 Å². The molecule has 0 bridgehead atoms. The third-order valence-electron chi connectivity index (χ3n) is 2.81. The average molecular weight is 276 g/mol. The Morgan fingerprint density at radius 3 is 2.83 bits per heavy atom. The molecule has 0 aliphatic carbocycles. The molecule has 0 radical (unpaired) electrons. The molecule has 1 atom stereocenters. The van der Waals surface area contributed by atoms with E-state index in [-0.39, 0.29) is 0 Å². The van der Waals surface area contributed by atoms with E-state index < -0.39 is 6.10 Å². The van der Waals surface area contributed by atoms with Gasteiger partial charge in [0.2, 0.25) is 0 Å². The Kier molecular flexibility index (Phi) is 6.63. The molecule has 104 valence electrons. The first-order chi connectivity index (χ1) is 8.60. The van der Waals surface area contributed by atoms with Crippen LogP contribution >= 0.6 is 11.6 Å². The second-order valence-corrected chi connectivity index (χ2v) is 4.64. The van der Waals surface area contributed by atoms with Crippen LogP contribution in [0.2, 0.25) is 5.02 Å². The van der Waals surface area contributed by atoms with Gasteiger partial charge in [0.05, 0.1) is 29.1 Å².